The monoisotopic (exact) mass is 472 g/mol. The van der Waals surface area contributed by atoms with Crippen LogP contribution in [0.5, 0.6) is 0 Å². The van der Waals surface area contributed by atoms with Crippen molar-refractivity contribution in [2.45, 2.75) is 24.5 Å². The van der Waals surface area contributed by atoms with Crippen molar-refractivity contribution in [1.82, 2.24) is 14.9 Å². The summed E-state index contributed by atoms with van der Waals surface area (Å²) in [6.45, 7) is 1.88. The molecule has 3 aromatic rings. The fourth-order valence-electron chi connectivity index (χ4n) is 2.93. The van der Waals surface area contributed by atoms with Crippen LogP contribution < -0.4 is 10.6 Å². The van der Waals surface area contributed by atoms with Gasteiger partial charge in [0.15, 0.2) is 15.0 Å². The van der Waals surface area contributed by atoms with E-state index in [0.717, 1.165) is 35.4 Å². The number of hydrogen-bond donors (Lipinski definition) is 2. The number of alkyl halides is 3. The maximum atomic E-state index is 13.4. The summed E-state index contributed by atoms with van der Waals surface area (Å²) >= 11 is 0.995. The van der Waals surface area contributed by atoms with Crippen molar-refractivity contribution in [3.8, 4) is 10.4 Å². The predicted octanol–water partition coefficient (Wildman–Crippen LogP) is 4.20. The molecule has 0 fully saturated rings. The lowest BCUT2D eigenvalue weighted by Gasteiger charge is -2.13. The minimum atomic E-state index is -4.84. The predicted molar refractivity (Wildman–Crippen MR) is 112 cm³/mol. The first-order chi connectivity index (χ1) is 14.4. The van der Waals surface area contributed by atoms with Crippen LogP contribution in [0.15, 0.2) is 41.4 Å². The number of anilines is 1. The highest BCUT2D eigenvalue weighted by molar-refractivity contribution is 7.90. The molecule has 2 heterocycles. The topological polar surface area (TPSA) is 93.1 Å². The van der Waals surface area contributed by atoms with E-state index in [1.165, 1.54) is 6.07 Å². The van der Waals surface area contributed by atoms with Crippen molar-refractivity contribution >= 4 is 32.3 Å². The number of sulfone groups is 1. The number of carbonyl (C=O) groups is 1. The average Bonchev–Trinajstić information content (AvgIpc) is 3.23. The van der Waals surface area contributed by atoms with Crippen molar-refractivity contribution in [2.75, 3.05) is 11.6 Å². The van der Waals surface area contributed by atoms with Crippen molar-refractivity contribution < 1.29 is 26.4 Å². The van der Waals surface area contributed by atoms with Crippen LogP contribution in [0, 0.1) is 6.92 Å². The van der Waals surface area contributed by atoms with Crippen LogP contribution in [0.3, 0.4) is 0 Å². The standard InChI is InChI=1S/C19H19F3N4O3S2/c1-11-16(12-6-7-15(31(3,28)29)14(9-12)19(20,21)22)30-18(24-11)25-17(27)23-10-13-5-4-8-26(13)2/h4-9H,10H2,1-3H3,(H2,23,24,25,27). The Hall–Kier alpha value is -2.86. The van der Waals surface area contributed by atoms with Gasteiger partial charge in [0, 0.05) is 25.2 Å². The summed E-state index contributed by atoms with van der Waals surface area (Å²) in [6.07, 6.45) is -2.27. The zero-order chi connectivity index (χ0) is 23.0. The van der Waals surface area contributed by atoms with Crippen LogP contribution in [-0.2, 0) is 29.6 Å². The molecule has 2 amide bonds. The van der Waals surface area contributed by atoms with Crippen LogP contribution in [0.2, 0.25) is 0 Å². The minimum absolute atomic E-state index is 0.159. The third-order valence-corrected chi connectivity index (χ3v) is 6.72. The number of thiazole rings is 1. The normalized spacial score (nSPS) is 12.1. The number of aromatic nitrogens is 2. The molecule has 2 N–H and O–H groups in total. The molecule has 0 spiro atoms. The Kier molecular flexibility index (Phi) is 6.14. The summed E-state index contributed by atoms with van der Waals surface area (Å²) in [5.41, 5.74) is 0.210. The Morgan fingerprint density at radius 1 is 1.26 bits per heavy atom. The number of benzene rings is 1. The number of aryl methyl sites for hydroxylation is 2. The summed E-state index contributed by atoms with van der Waals surface area (Å²) in [6, 6.07) is 6.21. The first-order valence-electron chi connectivity index (χ1n) is 8.90. The average molecular weight is 473 g/mol. The molecule has 0 unspecified atom stereocenters. The van der Waals surface area contributed by atoms with Crippen molar-refractivity contribution in [3.63, 3.8) is 0 Å². The van der Waals surface area contributed by atoms with E-state index in [0.29, 0.717) is 10.6 Å². The molecule has 0 saturated heterocycles. The molecule has 0 atom stereocenters. The van der Waals surface area contributed by atoms with E-state index in [1.807, 2.05) is 29.9 Å². The second kappa shape index (κ2) is 8.35. The molecule has 0 radical (unpaired) electrons. The maximum absolute atomic E-state index is 13.4. The Morgan fingerprint density at radius 2 is 1.97 bits per heavy atom. The lowest BCUT2D eigenvalue weighted by atomic mass is 10.1. The van der Waals surface area contributed by atoms with Crippen LogP contribution in [0.1, 0.15) is 17.0 Å². The Morgan fingerprint density at radius 3 is 2.55 bits per heavy atom. The number of urea groups is 1. The molecule has 2 aromatic heterocycles. The number of rotatable bonds is 5. The first kappa shape index (κ1) is 22.8. The van der Waals surface area contributed by atoms with Gasteiger partial charge in [-0.1, -0.05) is 17.4 Å². The largest absolute Gasteiger partial charge is 0.417 e. The van der Waals surface area contributed by atoms with Crippen molar-refractivity contribution in [3.05, 3.63) is 53.5 Å². The SMILES string of the molecule is Cc1nc(NC(=O)NCc2cccn2C)sc1-c1ccc(S(C)(=O)=O)c(C(F)(F)F)c1. The lowest BCUT2D eigenvalue weighted by molar-refractivity contribution is -0.139. The molecule has 166 valence electrons. The summed E-state index contributed by atoms with van der Waals surface area (Å²) in [5, 5.41) is 5.45. The summed E-state index contributed by atoms with van der Waals surface area (Å²) in [5.74, 6) is 0. The molecular weight excluding hydrogens is 453 g/mol. The molecule has 31 heavy (non-hydrogen) atoms. The van der Waals surface area contributed by atoms with Gasteiger partial charge >= 0.3 is 12.2 Å². The van der Waals surface area contributed by atoms with Gasteiger partial charge in [0.1, 0.15) is 0 Å². The molecule has 0 aliphatic rings. The van der Waals surface area contributed by atoms with Crippen LogP contribution in [-0.4, -0.2) is 30.3 Å². The fraction of sp³-hybridized carbons (Fsp3) is 0.263. The Labute approximate surface area is 180 Å². The van der Waals surface area contributed by atoms with Gasteiger partial charge in [-0.05, 0) is 36.8 Å². The number of halogens is 3. The number of carbonyl (C=O) groups excluding carboxylic acids is 1. The Bertz CT molecular complexity index is 1230. The number of hydrogen-bond acceptors (Lipinski definition) is 5. The van der Waals surface area contributed by atoms with E-state index in [2.05, 4.69) is 15.6 Å². The third-order valence-electron chi connectivity index (χ3n) is 4.45. The fourth-order valence-corrected chi connectivity index (χ4v) is 4.77. The molecular formula is C19H19F3N4O3S2. The molecule has 12 heteroatoms. The van der Waals surface area contributed by atoms with E-state index >= 15 is 0 Å². The van der Waals surface area contributed by atoms with Crippen molar-refractivity contribution in [2.24, 2.45) is 7.05 Å². The number of amides is 2. The molecule has 0 saturated carbocycles. The second-order valence-corrected chi connectivity index (χ2v) is 9.82. The second-order valence-electron chi connectivity index (χ2n) is 6.83. The lowest BCUT2D eigenvalue weighted by Crippen LogP contribution is -2.28. The van der Waals surface area contributed by atoms with Crippen LogP contribution in [0.4, 0.5) is 23.1 Å². The van der Waals surface area contributed by atoms with E-state index in [1.54, 1.807) is 6.92 Å². The van der Waals surface area contributed by atoms with E-state index in [4.69, 9.17) is 0 Å². The van der Waals surface area contributed by atoms with Crippen LogP contribution in [0.25, 0.3) is 10.4 Å². The quantitative estimate of drug-likeness (QED) is 0.582. The molecule has 0 bridgehead atoms. The number of nitrogens with zero attached hydrogens (tertiary/aromatic N) is 2. The van der Waals surface area contributed by atoms with Gasteiger partial charge in [-0.3, -0.25) is 5.32 Å². The minimum Gasteiger partial charge on any atom is -0.353 e. The molecule has 3 rings (SSSR count). The molecule has 7 nitrogen and oxygen atoms in total. The number of nitrogens with one attached hydrogen (secondary N) is 2. The molecule has 1 aromatic carbocycles. The van der Waals surface area contributed by atoms with Gasteiger partial charge in [-0.25, -0.2) is 18.2 Å². The molecule has 0 aliphatic heterocycles. The van der Waals surface area contributed by atoms with Gasteiger partial charge in [-0.2, -0.15) is 13.2 Å². The maximum Gasteiger partial charge on any atom is 0.417 e. The van der Waals surface area contributed by atoms with Gasteiger partial charge in [0.25, 0.3) is 0 Å². The summed E-state index contributed by atoms with van der Waals surface area (Å²) < 4.78 is 65.7. The zero-order valence-electron chi connectivity index (χ0n) is 16.7. The zero-order valence-corrected chi connectivity index (χ0v) is 18.4. The molecule has 0 aliphatic carbocycles. The Balaban J connectivity index is 1.83. The highest BCUT2D eigenvalue weighted by Gasteiger charge is 2.36. The van der Waals surface area contributed by atoms with Crippen LogP contribution >= 0.6 is 11.3 Å². The van der Waals surface area contributed by atoms with Gasteiger partial charge < -0.3 is 9.88 Å². The van der Waals surface area contributed by atoms with E-state index in [9.17, 15) is 26.4 Å². The summed E-state index contributed by atoms with van der Waals surface area (Å²) in [4.78, 5) is 15.9. The summed E-state index contributed by atoms with van der Waals surface area (Å²) in [7, 11) is -2.22. The van der Waals surface area contributed by atoms with Gasteiger partial charge in [0.2, 0.25) is 0 Å². The van der Waals surface area contributed by atoms with Crippen molar-refractivity contribution in [1.29, 1.82) is 0 Å². The first-order valence-corrected chi connectivity index (χ1v) is 11.6. The third kappa shape index (κ3) is 5.25. The smallest absolute Gasteiger partial charge is 0.353 e. The van der Waals surface area contributed by atoms with Gasteiger partial charge in [0.05, 0.1) is 27.6 Å². The van der Waals surface area contributed by atoms with E-state index < -0.39 is 32.5 Å². The highest BCUT2D eigenvalue weighted by atomic mass is 32.2. The highest BCUT2D eigenvalue weighted by Crippen LogP contribution is 2.39. The van der Waals surface area contributed by atoms with Gasteiger partial charge in [-0.15, -0.1) is 0 Å². The van der Waals surface area contributed by atoms with E-state index in [-0.39, 0.29) is 17.2 Å².